The van der Waals surface area contributed by atoms with Gasteiger partial charge in [0.05, 0.1) is 11.2 Å². The lowest BCUT2D eigenvalue weighted by molar-refractivity contribution is 0.491. The van der Waals surface area contributed by atoms with Gasteiger partial charge in [-0.15, -0.1) is 21.5 Å². The van der Waals surface area contributed by atoms with Crippen molar-refractivity contribution in [1.82, 2.24) is 20.5 Å². The van der Waals surface area contributed by atoms with E-state index in [1.54, 1.807) is 5.51 Å². The van der Waals surface area contributed by atoms with Crippen molar-refractivity contribution in [3.8, 4) is 10.8 Å². The van der Waals surface area contributed by atoms with Crippen LogP contribution in [0.2, 0.25) is 0 Å². The number of aryl methyl sites for hydroxylation is 2. The molecule has 2 aromatic heterocycles. The molecule has 5 nitrogen and oxygen atoms in total. The summed E-state index contributed by atoms with van der Waals surface area (Å²) in [4.78, 5) is 5.15. The molecule has 0 saturated carbocycles. The van der Waals surface area contributed by atoms with Gasteiger partial charge in [0.1, 0.15) is 4.88 Å². The molecule has 2 rings (SSSR count). The van der Waals surface area contributed by atoms with E-state index in [2.05, 4.69) is 27.4 Å². The molecule has 2 heterocycles. The van der Waals surface area contributed by atoms with Crippen molar-refractivity contribution in [1.29, 1.82) is 0 Å². The van der Waals surface area contributed by atoms with Crippen LogP contribution in [0.3, 0.4) is 0 Å². The van der Waals surface area contributed by atoms with E-state index in [1.165, 1.54) is 11.3 Å². The molecule has 0 spiro atoms. The summed E-state index contributed by atoms with van der Waals surface area (Å²) in [5.74, 6) is 1.29. The maximum atomic E-state index is 5.64. The molecule has 0 aromatic carbocycles. The predicted molar refractivity (Wildman–Crippen MR) is 71.6 cm³/mol. The van der Waals surface area contributed by atoms with E-state index in [0.717, 1.165) is 42.9 Å². The summed E-state index contributed by atoms with van der Waals surface area (Å²) >= 11 is 1.53. The Balaban J connectivity index is 1.85. The summed E-state index contributed by atoms with van der Waals surface area (Å²) in [6.45, 7) is 6.17. The van der Waals surface area contributed by atoms with Crippen LogP contribution in [-0.4, -0.2) is 28.3 Å². The molecule has 6 heteroatoms. The summed E-state index contributed by atoms with van der Waals surface area (Å²) in [5, 5.41) is 11.5. The van der Waals surface area contributed by atoms with Crippen molar-refractivity contribution in [3.63, 3.8) is 0 Å². The maximum absolute atomic E-state index is 5.64. The molecule has 18 heavy (non-hydrogen) atoms. The Bertz CT molecular complexity index is 480. The van der Waals surface area contributed by atoms with Gasteiger partial charge in [-0.1, -0.05) is 6.92 Å². The van der Waals surface area contributed by atoms with Crippen LogP contribution >= 0.6 is 11.3 Å². The van der Waals surface area contributed by atoms with Gasteiger partial charge in [-0.05, 0) is 32.9 Å². The highest BCUT2D eigenvalue weighted by Gasteiger charge is 2.12. The summed E-state index contributed by atoms with van der Waals surface area (Å²) < 4.78 is 5.64. The Labute approximate surface area is 111 Å². The summed E-state index contributed by atoms with van der Waals surface area (Å²) in [5.41, 5.74) is 2.74. The standard InChI is InChI=1S/C12H18N4OS/c1-3-6-13-7-4-5-10-15-16-12(17-10)11-9(2)14-8-18-11/h8,13H,3-7H2,1-2H3. The van der Waals surface area contributed by atoms with Crippen molar-refractivity contribution in [2.75, 3.05) is 13.1 Å². The lowest BCUT2D eigenvalue weighted by atomic mass is 10.3. The Hall–Kier alpha value is -1.27. The Kier molecular flexibility index (Phi) is 4.83. The number of hydrogen-bond acceptors (Lipinski definition) is 6. The van der Waals surface area contributed by atoms with Gasteiger partial charge in [0, 0.05) is 6.42 Å². The quantitative estimate of drug-likeness (QED) is 0.780. The molecule has 0 aliphatic rings. The fourth-order valence-electron chi connectivity index (χ4n) is 1.62. The molecule has 0 fully saturated rings. The summed E-state index contributed by atoms with van der Waals surface area (Å²) in [7, 11) is 0. The third-order valence-corrected chi connectivity index (χ3v) is 3.49. The second-order valence-corrected chi connectivity index (χ2v) is 4.98. The molecule has 0 radical (unpaired) electrons. The molecule has 0 aliphatic carbocycles. The van der Waals surface area contributed by atoms with Crippen LogP contribution in [0, 0.1) is 6.92 Å². The van der Waals surface area contributed by atoms with Crippen LogP contribution in [0.25, 0.3) is 10.8 Å². The fraction of sp³-hybridized carbons (Fsp3) is 0.583. The van der Waals surface area contributed by atoms with Crippen LogP contribution in [0.1, 0.15) is 31.4 Å². The number of hydrogen-bond donors (Lipinski definition) is 1. The topological polar surface area (TPSA) is 63.8 Å². The minimum absolute atomic E-state index is 0.589. The van der Waals surface area contributed by atoms with E-state index in [-0.39, 0.29) is 0 Å². The second-order valence-electron chi connectivity index (χ2n) is 4.12. The van der Waals surface area contributed by atoms with Gasteiger partial charge < -0.3 is 9.73 Å². The summed E-state index contributed by atoms with van der Waals surface area (Å²) in [6, 6.07) is 0. The number of nitrogens with one attached hydrogen (secondary N) is 1. The molecule has 0 unspecified atom stereocenters. The molecule has 0 amide bonds. The maximum Gasteiger partial charge on any atom is 0.259 e. The van der Waals surface area contributed by atoms with Crippen molar-refractivity contribution in [2.45, 2.75) is 33.1 Å². The van der Waals surface area contributed by atoms with Crippen LogP contribution in [0.15, 0.2) is 9.93 Å². The zero-order valence-electron chi connectivity index (χ0n) is 10.8. The molecule has 2 aromatic rings. The van der Waals surface area contributed by atoms with Crippen LogP contribution in [0.5, 0.6) is 0 Å². The SMILES string of the molecule is CCCNCCCc1nnc(-c2scnc2C)o1. The smallest absolute Gasteiger partial charge is 0.259 e. The van der Waals surface area contributed by atoms with Gasteiger partial charge in [-0.25, -0.2) is 4.98 Å². The normalized spacial score (nSPS) is 11.0. The molecule has 0 saturated heterocycles. The summed E-state index contributed by atoms with van der Waals surface area (Å²) in [6.07, 6.45) is 3.00. The molecule has 0 aliphatic heterocycles. The Morgan fingerprint density at radius 3 is 2.94 bits per heavy atom. The zero-order chi connectivity index (χ0) is 12.8. The Morgan fingerprint density at radius 2 is 2.22 bits per heavy atom. The van der Waals surface area contributed by atoms with Gasteiger partial charge in [0.2, 0.25) is 5.89 Å². The van der Waals surface area contributed by atoms with E-state index in [4.69, 9.17) is 4.42 Å². The van der Waals surface area contributed by atoms with Crippen molar-refractivity contribution in [2.24, 2.45) is 0 Å². The average Bonchev–Trinajstić information content (AvgIpc) is 2.97. The lowest BCUT2D eigenvalue weighted by Gasteiger charge is -1.99. The number of nitrogens with zero attached hydrogens (tertiary/aromatic N) is 3. The lowest BCUT2D eigenvalue weighted by Crippen LogP contribution is -2.16. The van der Waals surface area contributed by atoms with E-state index in [9.17, 15) is 0 Å². The fourth-order valence-corrected chi connectivity index (χ4v) is 2.34. The monoisotopic (exact) mass is 266 g/mol. The highest BCUT2D eigenvalue weighted by atomic mass is 32.1. The van der Waals surface area contributed by atoms with Crippen LogP contribution in [0.4, 0.5) is 0 Å². The van der Waals surface area contributed by atoms with Crippen LogP contribution in [-0.2, 0) is 6.42 Å². The van der Waals surface area contributed by atoms with E-state index >= 15 is 0 Å². The first-order valence-electron chi connectivity index (χ1n) is 6.24. The molecule has 98 valence electrons. The number of rotatable bonds is 7. The highest BCUT2D eigenvalue weighted by Crippen LogP contribution is 2.25. The van der Waals surface area contributed by atoms with E-state index < -0.39 is 0 Å². The van der Waals surface area contributed by atoms with Crippen LogP contribution < -0.4 is 5.32 Å². The minimum atomic E-state index is 0.589. The molecule has 1 N–H and O–H groups in total. The first-order valence-corrected chi connectivity index (χ1v) is 7.12. The van der Waals surface area contributed by atoms with E-state index in [1.807, 2.05) is 6.92 Å². The predicted octanol–water partition coefficient (Wildman–Crippen LogP) is 2.43. The molecular formula is C12H18N4OS. The minimum Gasteiger partial charge on any atom is -0.420 e. The first-order chi connectivity index (χ1) is 8.81. The van der Waals surface area contributed by atoms with E-state index in [0.29, 0.717) is 11.8 Å². The third-order valence-electron chi connectivity index (χ3n) is 2.58. The second kappa shape index (κ2) is 6.61. The third kappa shape index (κ3) is 3.36. The number of aromatic nitrogens is 3. The van der Waals surface area contributed by atoms with Crippen molar-refractivity contribution >= 4 is 11.3 Å². The molecular weight excluding hydrogens is 248 g/mol. The highest BCUT2D eigenvalue weighted by molar-refractivity contribution is 7.13. The van der Waals surface area contributed by atoms with Crippen molar-refractivity contribution in [3.05, 3.63) is 17.1 Å². The molecule has 0 atom stereocenters. The zero-order valence-corrected chi connectivity index (χ0v) is 11.6. The first kappa shape index (κ1) is 13.2. The van der Waals surface area contributed by atoms with Gasteiger partial charge >= 0.3 is 0 Å². The van der Waals surface area contributed by atoms with Gasteiger partial charge in [0.25, 0.3) is 5.89 Å². The number of thiazole rings is 1. The van der Waals surface area contributed by atoms with Gasteiger partial charge in [-0.3, -0.25) is 0 Å². The Morgan fingerprint density at radius 1 is 1.33 bits per heavy atom. The average molecular weight is 266 g/mol. The van der Waals surface area contributed by atoms with Gasteiger partial charge in [-0.2, -0.15) is 0 Å². The molecule has 0 bridgehead atoms. The largest absolute Gasteiger partial charge is 0.420 e. The van der Waals surface area contributed by atoms with Crippen molar-refractivity contribution < 1.29 is 4.42 Å². The van der Waals surface area contributed by atoms with Gasteiger partial charge in [0.15, 0.2) is 0 Å².